The number of nitrogens with one attached hydrogen (secondary N) is 2. The number of rotatable bonds is 4. The molecule has 1 rings (SSSR count). The van der Waals surface area contributed by atoms with Crippen molar-refractivity contribution in [2.45, 2.75) is 19.9 Å². The second kappa shape index (κ2) is 5.89. The minimum absolute atomic E-state index is 0.172. The van der Waals surface area contributed by atoms with E-state index in [2.05, 4.69) is 10.6 Å². The molecule has 17 heavy (non-hydrogen) atoms. The maximum absolute atomic E-state index is 11.5. The van der Waals surface area contributed by atoms with Crippen LogP contribution in [0.15, 0.2) is 30.3 Å². The molecular weight excluding hydrogens is 220 g/mol. The highest BCUT2D eigenvalue weighted by Gasteiger charge is 2.23. The zero-order valence-corrected chi connectivity index (χ0v) is 9.81. The van der Waals surface area contributed by atoms with Crippen molar-refractivity contribution in [2.24, 2.45) is 5.92 Å². The fourth-order valence-corrected chi connectivity index (χ4v) is 1.34. The van der Waals surface area contributed by atoms with E-state index in [4.69, 9.17) is 5.11 Å². The summed E-state index contributed by atoms with van der Waals surface area (Å²) in [5.41, 5.74) is 0.623. The predicted molar refractivity (Wildman–Crippen MR) is 64.9 cm³/mol. The number of hydrogen-bond donors (Lipinski definition) is 3. The third kappa shape index (κ3) is 4.14. The average molecular weight is 236 g/mol. The van der Waals surface area contributed by atoms with Gasteiger partial charge in [-0.2, -0.15) is 0 Å². The lowest BCUT2D eigenvalue weighted by Crippen LogP contribution is -2.46. The van der Waals surface area contributed by atoms with Crippen molar-refractivity contribution >= 4 is 17.7 Å². The van der Waals surface area contributed by atoms with Gasteiger partial charge in [0.1, 0.15) is 6.04 Å². The molecule has 0 heterocycles. The number of para-hydroxylation sites is 1. The number of aliphatic carboxylic acids is 1. The van der Waals surface area contributed by atoms with Gasteiger partial charge in [-0.15, -0.1) is 0 Å². The summed E-state index contributed by atoms with van der Waals surface area (Å²) in [5.74, 6) is -1.21. The monoisotopic (exact) mass is 236 g/mol. The van der Waals surface area contributed by atoms with Gasteiger partial charge in [-0.1, -0.05) is 32.0 Å². The Balaban J connectivity index is 2.57. The molecular formula is C12H16N2O3. The number of benzene rings is 1. The van der Waals surface area contributed by atoms with Crippen molar-refractivity contribution in [3.05, 3.63) is 30.3 Å². The molecule has 0 aromatic heterocycles. The molecule has 0 aliphatic heterocycles. The van der Waals surface area contributed by atoms with Crippen LogP contribution in [0.4, 0.5) is 10.5 Å². The molecule has 1 atom stereocenters. The van der Waals surface area contributed by atoms with Gasteiger partial charge in [-0.05, 0) is 18.1 Å². The van der Waals surface area contributed by atoms with Gasteiger partial charge in [0, 0.05) is 5.69 Å². The van der Waals surface area contributed by atoms with Crippen LogP contribution in [0.5, 0.6) is 0 Å². The van der Waals surface area contributed by atoms with Gasteiger partial charge in [0.05, 0.1) is 0 Å². The van der Waals surface area contributed by atoms with Crippen LogP contribution < -0.4 is 10.6 Å². The second-order valence-electron chi connectivity index (χ2n) is 4.02. The van der Waals surface area contributed by atoms with Crippen molar-refractivity contribution in [1.82, 2.24) is 5.32 Å². The third-order valence-electron chi connectivity index (χ3n) is 2.25. The first-order valence-corrected chi connectivity index (χ1v) is 5.36. The lowest BCUT2D eigenvalue weighted by Gasteiger charge is -2.18. The van der Waals surface area contributed by atoms with E-state index in [0.29, 0.717) is 5.69 Å². The summed E-state index contributed by atoms with van der Waals surface area (Å²) in [6, 6.07) is 7.45. The number of anilines is 1. The molecule has 0 aliphatic rings. The Morgan fingerprint density at radius 1 is 1.18 bits per heavy atom. The number of amides is 2. The molecule has 0 spiro atoms. The largest absolute Gasteiger partial charge is 0.480 e. The zero-order chi connectivity index (χ0) is 12.8. The van der Waals surface area contributed by atoms with Crippen molar-refractivity contribution in [3.63, 3.8) is 0 Å². The Bertz CT molecular complexity index is 390. The first kappa shape index (κ1) is 13.0. The molecule has 0 bridgehead atoms. The lowest BCUT2D eigenvalue weighted by atomic mass is 10.1. The number of carboxylic acid groups (broad SMARTS) is 1. The van der Waals surface area contributed by atoms with Crippen LogP contribution in [-0.4, -0.2) is 23.1 Å². The van der Waals surface area contributed by atoms with Gasteiger partial charge in [-0.25, -0.2) is 9.59 Å². The molecule has 92 valence electrons. The summed E-state index contributed by atoms with van der Waals surface area (Å²) < 4.78 is 0. The first-order chi connectivity index (χ1) is 8.00. The van der Waals surface area contributed by atoms with Crippen LogP contribution in [0, 0.1) is 5.92 Å². The van der Waals surface area contributed by atoms with Crippen molar-refractivity contribution < 1.29 is 14.7 Å². The van der Waals surface area contributed by atoms with Gasteiger partial charge in [-0.3, -0.25) is 0 Å². The summed E-state index contributed by atoms with van der Waals surface area (Å²) in [5, 5.41) is 13.9. The van der Waals surface area contributed by atoms with Gasteiger partial charge in [0.25, 0.3) is 0 Å². The zero-order valence-electron chi connectivity index (χ0n) is 9.81. The van der Waals surface area contributed by atoms with E-state index in [-0.39, 0.29) is 5.92 Å². The van der Waals surface area contributed by atoms with Gasteiger partial charge >= 0.3 is 12.0 Å². The van der Waals surface area contributed by atoms with Crippen LogP contribution >= 0.6 is 0 Å². The Kier molecular flexibility index (Phi) is 4.51. The molecule has 1 aromatic carbocycles. The van der Waals surface area contributed by atoms with E-state index in [1.807, 2.05) is 6.07 Å². The van der Waals surface area contributed by atoms with Gasteiger partial charge in [0.15, 0.2) is 0 Å². The molecule has 0 fully saturated rings. The van der Waals surface area contributed by atoms with Crippen molar-refractivity contribution in [1.29, 1.82) is 0 Å². The standard InChI is InChI=1S/C12H16N2O3/c1-8(2)10(11(15)16)14-12(17)13-9-6-4-3-5-7-9/h3-8,10H,1-2H3,(H,15,16)(H2,13,14,17). The molecule has 0 saturated carbocycles. The van der Waals surface area contributed by atoms with Crippen LogP contribution in [-0.2, 0) is 4.79 Å². The van der Waals surface area contributed by atoms with E-state index >= 15 is 0 Å². The SMILES string of the molecule is CC(C)C(NC(=O)Nc1ccccc1)C(=O)O. The lowest BCUT2D eigenvalue weighted by molar-refractivity contribution is -0.140. The quantitative estimate of drug-likeness (QED) is 0.747. The van der Waals surface area contributed by atoms with Crippen LogP contribution in [0.2, 0.25) is 0 Å². The molecule has 1 unspecified atom stereocenters. The molecule has 5 nitrogen and oxygen atoms in total. The Labute approximate surface area is 99.8 Å². The summed E-state index contributed by atoms with van der Waals surface area (Å²) in [4.78, 5) is 22.4. The van der Waals surface area contributed by atoms with E-state index in [1.165, 1.54) is 0 Å². The van der Waals surface area contributed by atoms with Gasteiger partial charge in [0.2, 0.25) is 0 Å². The van der Waals surface area contributed by atoms with Crippen molar-refractivity contribution in [2.75, 3.05) is 5.32 Å². The Morgan fingerprint density at radius 2 is 1.76 bits per heavy atom. The van der Waals surface area contributed by atoms with E-state index < -0.39 is 18.0 Å². The number of hydrogen-bond acceptors (Lipinski definition) is 2. The number of carbonyl (C=O) groups is 2. The van der Waals surface area contributed by atoms with E-state index in [9.17, 15) is 9.59 Å². The average Bonchev–Trinajstić information content (AvgIpc) is 2.26. The fraction of sp³-hybridized carbons (Fsp3) is 0.333. The molecule has 2 amide bonds. The highest BCUT2D eigenvalue weighted by molar-refractivity contribution is 5.92. The van der Waals surface area contributed by atoms with Crippen molar-refractivity contribution in [3.8, 4) is 0 Å². The van der Waals surface area contributed by atoms with Crippen LogP contribution in [0.1, 0.15) is 13.8 Å². The normalized spacial score (nSPS) is 11.9. The minimum Gasteiger partial charge on any atom is -0.480 e. The highest BCUT2D eigenvalue weighted by atomic mass is 16.4. The van der Waals surface area contributed by atoms with E-state index in [0.717, 1.165) is 0 Å². The Morgan fingerprint density at radius 3 is 2.24 bits per heavy atom. The summed E-state index contributed by atoms with van der Waals surface area (Å²) in [7, 11) is 0. The van der Waals surface area contributed by atoms with Crippen LogP contribution in [0.25, 0.3) is 0 Å². The fourth-order valence-electron chi connectivity index (χ4n) is 1.34. The van der Waals surface area contributed by atoms with Crippen LogP contribution in [0.3, 0.4) is 0 Å². The summed E-state index contributed by atoms with van der Waals surface area (Å²) >= 11 is 0. The Hall–Kier alpha value is -2.04. The molecule has 0 radical (unpaired) electrons. The topological polar surface area (TPSA) is 78.4 Å². The smallest absolute Gasteiger partial charge is 0.326 e. The summed E-state index contributed by atoms with van der Waals surface area (Å²) in [6.07, 6.45) is 0. The summed E-state index contributed by atoms with van der Waals surface area (Å²) in [6.45, 7) is 3.48. The maximum Gasteiger partial charge on any atom is 0.326 e. The molecule has 5 heteroatoms. The first-order valence-electron chi connectivity index (χ1n) is 5.36. The predicted octanol–water partition coefficient (Wildman–Crippen LogP) is 1.92. The number of carbonyl (C=O) groups excluding carboxylic acids is 1. The number of carboxylic acids is 1. The molecule has 3 N–H and O–H groups in total. The van der Waals surface area contributed by atoms with E-state index in [1.54, 1.807) is 38.1 Å². The molecule has 0 aliphatic carbocycles. The minimum atomic E-state index is -1.04. The molecule has 1 aromatic rings. The third-order valence-corrected chi connectivity index (χ3v) is 2.25. The highest BCUT2D eigenvalue weighted by Crippen LogP contribution is 2.06. The van der Waals surface area contributed by atoms with Gasteiger partial charge < -0.3 is 15.7 Å². The second-order valence-corrected chi connectivity index (χ2v) is 4.02. The molecule has 0 saturated heterocycles. The number of urea groups is 1. The maximum atomic E-state index is 11.5.